The first-order chi connectivity index (χ1) is 18.8. The van der Waals surface area contributed by atoms with Crippen LogP contribution >= 0.6 is 23.1 Å². The minimum absolute atomic E-state index is 0.104. The largest absolute Gasteiger partial charge is 0.321 e. The van der Waals surface area contributed by atoms with E-state index < -0.39 is 11.2 Å². The molecule has 10 heteroatoms. The van der Waals surface area contributed by atoms with Gasteiger partial charge >= 0.3 is 0 Å². The maximum Gasteiger partial charge on any atom is 0.272 e. The van der Waals surface area contributed by atoms with Gasteiger partial charge in [0.15, 0.2) is 0 Å². The SMILES string of the molecule is Cc1cccc(/C=C(/NC(=O)c2ccccc2)C(=O)Nc2cccc(SC(C)C(=O)Nc3nnc(C)s3)c2)c1. The zero-order valence-electron chi connectivity index (χ0n) is 21.6. The van der Waals surface area contributed by atoms with Crippen LogP contribution in [0.3, 0.4) is 0 Å². The number of amides is 3. The highest BCUT2D eigenvalue weighted by molar-refractivity contribution is 8.00. The number of carbonyl (C=O) groups is 3. The molecular weight excluding hydrogens is 530 g/mol. The molecule has 3 aromatic carbocycles. The van der Waals surface area contributed by atoms with Crippen LogP contribution in [-0.2, 0) is 9.59 Å². The van der Waals surface area contributed by atoms with Crippen LogP contribution in [0.5, 0.6) is 0 Å². The summed E-state index contributed by atoms with van der Waals surface area (Å²) in [7, 11) is 0. The lowest BCUT2D eigenvalue weighted by Crippen LogP contribution is -2.30. The number of aromatic nitrogens is 2. The molecule has 8 nitrogen and oxygen atoms in total. The van der Waals surface area contributed by atoms with E-state index in [0.717, 1.165) is 21.0 Å². The number of hydrogen-bond donors (Lipinski definition) is 3. The van der Waals surface area contributed by atoms with Crippen molar-refractivity contribution in [2.75, 3.05) is 10.6 Å². The number of nitrogens with one attached hydrogen (secondary N) is 3. The number of nitrogens with zero attached hydrogens (tertiary/aromatic N) is 2. The Labute approximate surface area is 235 Å². The Kier molecular flexibility index (Phi) is 9.24. The van der Waals surface area contributed by atoms with E-state index in [1.54, 1.807) is 55.5 Å². The summed E-state index contributed by atoms with van der Waals surface area (Å²) in [5.74, 6) is -1.06. The molecule has 198 valence electrons. The van der Waals surface area contributed by atoms with Crippen molar-refractivity contribution >= 4 is 57.7 Å². The van der Waals surface area contributed by atoms with Gasteiger partial charge in [-0.25, -0.2) is 0 Å². The minimum Gasteiger partial charge on any atom is -0.321 e. The van der Waals surface area contributed by atoms with Gasteiger partial charge in [-0.1, -0.05) is 65.4 Å². The first-order valence-corrected chi connectivity index (χ1v) is 13.8. The van der Waals surface area contributed by atoms with Gasteiger partial charge in [0.2, 0.25) is 11.0 Å². The third-order valence-corrected chi connectivity index (χ3v) is 7.26. The Morgan fingerprint density at radius 1 is 0.897 bits per heavy atom. The molecule has 0 saturated carbocycles. The molecule has 1 atom stereocenters. The first kappa shape index (κ1) is 27.7. The van der Waals surface area contributed by atoms with Gasteiger partial charge in [0.1, 0.15) is 10.7 Å². The van der Waals surface area contributed by atoms with Gasteiger partial charge in [-0.2, -0.15) is 0 Å². The molecule has 0 saturated heterocycles. The fourth-order valence-corrected chi connectivity index (χ4v) is 5.05. The van der Waals surface area contributed by atoms with E-state index in [2.05, 4.69) is 26.1 Å². The molecule has 4 rings (SSSR count). The van der Waals surface area contributed by atoms with Crippen LogP contribution < -0.4 is 16.0 Å². The summed E-state index contributed by atoms with van der Waals surface area (Å²) in [6, 6.07) is 23.5. The molecule has 1 unspecified atom stereocenters. The molecule has 3 N–H and O–H groups in total. The molecule has 0 aliphatic rings. The monoisotopic (exact) mass is 557 g/mol. The van der Waals surface area contributed by atoms with E-state index in [4.69, 9.17) is 0 Å². The molecule has 3 amide bonds. The van der Waals surface area contributed by atoms with Gasteiger partial charge in [-0.15, -0.1) is 22.0 Å². The zero-order chi connectivity index (χ0) is 27.8. The second-order valence-electron chi connectivity index (χ2n) is 8.65. The van der Waals surface area contributed by atoms with E-state index in [1.165, 1.54) is 23.1 Å². The Morgan fingerprint density at radius 3 is 2.38 bits per heavy atom. The maximum absolute atomic E-state index is 13.3. The van der Waals surface area contributed by atoms with Crippen molar-refractivity contribution in [1.82, 2.24) is 15.5 Å². The lowest BCUT2D eigenvalue weighted by atomic mass is 10.1. The Hall–Kier alpha value is -4.28. The van der Waals surface area contributed by atoms with Gasteiger partial charge in [-0.05, 0) is 62.7 Å². The van der Waals surface area contributed by atoms with Crippen LogP contribution in [0.15, 0.2) is 89.5 Å². The summed E-state index contributed by atoms with van der Waals surface area (Å²) >= 11 is 2.66. The van der Waals surface area contributed by atoms with E-state index >= 15 is 0 Å². The molecule has 0 bridgehead atoms. The van der Waals surface area contributed by atoms with Gasteiger partial charge in [-0.3, -0.25) is 19.7 Å². The normalized spacial score (nSPS) is 11.9. The van der Waals surface area contributed by atoms with Gasteiger partial charge in [0.25, 0.3) is 11.8 Å². The Bertz CT molecular complexity index is 1520. The van der Waals surface area contributed by atoms with Gasteiger partial charge in [0, 0.05) is 16.1 Å². The molecule has 0 radical (unpaired) electrons. The van der Waals surface area contributed by atoms with Crippen molar-refractivity contribution in [3.63, 3.8) is 0 Å². The number of thioether (sulfide) groups is 1. The number of anilines is 2. The Balaban J connectivity index is 1.48. The van der Waals surface area contributed by atoms with Crippen LogP contribution in [0.1, 0.15) is 33.4 Å². The van der Waals surface area contributed by atoms with Crippen LogP contribution in [-0.4, -0.2) is 33.2 Å². The predicted molar refractivity (Wildman–Crippen MR) is 157 cm³/mol. The van der Waals surface area contributed by atoms with Gasteiger partial charge < -0.3 is 10.6 Å². The highest BCUT2D eigenvalue weighted by Gasteiger charge is 2.18. The summed E-state index contributed by atoms with van der Waals surface area (Å²) < 4.78 is 0. The standard InChI is InChI=1S/C29H27N5O3S2/c1-18-9-7-10-21(15-18)16-25(31-27(36)22-11-5-4-6-12-22)28(37)30-23-13-8-14-24(17-23)38-19(2)26(35)32-29-34-33-20(3)39-29/h4-17,19H,1-3H3,(H,30,37)(H,31,36)(H,32,34,35)/b25-16+. The minimum atomic E-state index is -0.472. The molecule has 1 heterocycles. The van der Waals surface area contributed by atoms with E-state index in [0.29, 0.717) is 16.4 Å². The highest BCUT2D eigenvalue weighted by atomic mass is 32.2. The van der Waals surface area contributed by atoms with Crippen molar-refractivity contribution in [1.29, 1.82) is 0 Å². The fourth-order valence-electron chi connectivity index (χ4n) is 3.53. The number of rotatable bonds is 9. The average Bonchev–Trinajstić information content (AvgIpc) is 3.33. The van der Waals surface area contributed by atoms with Crippen LogP contribution in [0.4, 0.5) is 10.8 Å². The second-order valence-corrected chi connectivity index (χ2v) is 11.2. The van der Waals surface area contributed by atoms with E-state index in [1.807, 2.05) is 50.2 Å². The summed E-state index contributed by atoms with van der Waals surface area (Å²) in [6.45, 7) is 5.57. The van der Waals surface area contributed by atoms with Crippen LogP contribution in [0.2, 0.25) is 0 Å². The quantitative estimate of drug-likeness (QED) is 0.180. The molecule has 1 aromatic heterocycles. The zero-order valence-corrected chi connectivity index (χ0v) is 23.2. The smallest absolute Gasteiger partial charge is 0.272 e. The third-order valence-electron chi connectivity index (χ3n) is 5.41. The third kappa shape index (κ3) is 8.10. The Morgan fingerprint density at radius 2 is 1.67 bits per heavy atom. The van der Waals surface area contributed by atoms with Crippen molar-refractivity contribution in [3.8, 4) is 0 Å². The van der Waals surface area contributed by atoms with Gasteiger partial charge in [0.05, 0.1) is 5.25 Å². The van der Waals surface area contributed by atoms with Crippen LogP contribution in [0, 0.1) is 13.8 Å². The fraction of sp³-hybridized carbons (Fsp3) is 0.138. The molecular formula is C29H27N5O3S2. The number of carbonyl (C=O) groups excluding carboxylic acids is 3. The molecule has 0 aliphatic heterocycles. The summed E-state index contributed by atoms with van der Waals surface area (Å²) in [5.41, 5.74) is 2.88. The van der Waals surface area contributed by atoms with Crippen molar-refractivity contribution in [2.45, 2.75) is 30.9 Å². The van der Waals surface area contributed by atoms with Crippen LogP contribution in [0.25, 0.3) is 6.08 Å². The van der Waals surface area contributed by atoms with Crippen molar-refractivity contribution in [3.05, 3.63) is 106 Å². The molecule has 39 heavy (non-hydrogen) atoms. The summed E-state index contributed by atoms with van der Waals surface area (Å²) in [4.78, 5) is 39.6. The summed E-state index contributed by atoms with van der Waals surface area (Å²) in [6.07, 6.45) is 1.64. The lowest BCUT2D eigenvalue weighted by molar-refractivity contribution is -0.115. The lowest BCUT2D eigenvalue weighted by Gasteiger charge is -2.13. The first-order valence-electron chi connectivity index (χ1n) is 12.1. The maximum atomic E-state index is 13.3. The second kappa shape index (κ2) is 13.0. The molecule has 0 aliphatic carbocycles. The molecule has 4 aromatic rings. The van der Waals surface area contributed by atoms with Crippen molar-refractivity contribution in [2.24, 2.45) is 0 Å². The summed E-state index contributed by atoms with van der Waals surface area (Å²) in [5, 5.41) is 17.0. The molecule has 0 spiro atoms. The number of aryl methyl sites for hydroxylation is 2. The predicted octanol–water partition coefficient (Wildman–Crippen LogP) is 5.68. The molecule has 0 fully saturated rings. The topological polar surface area (TPSA) is 113 Å². The highest BCUT2D eigenvalue weighted by Crippen LogP contribution is 2.27. The van der Waals surface area contributed by atoms with E-state index in [-0.39, 0.29) is 17.5 Å². The average molecular weight is 558 g/mol. The number of hydrogen-bond acceptors (Lipinski definition) is 7. The number of benzene rings is 3. The van der Waals surface area contributed by atoms with Crippen molar-refractivity contribution < 1.29 is 14.4 Å². The van der Waals surface area contributed by atoms with E-state index in [9.17, 15) is 14.4 Å².